The zero-order valence-electron chi connectivity index (χ0n) is 12.4. The van der Waals surface area contributed by atoms with Crippen molar-refractivity contribution in [2.75, 3.05) is 0 Å². The molecule has 1 heterocycles. The highest BCUT2D eigenvalue weighted by molar-refractivity contribution is 6.31. The van der Waals surface area contributed by atoms with Crippen molar-refractivity contribution in [3.63, 3.8) is 0 Å². The molecule has 1 aromatic heterocycles. The molecule has 0 aliphatic heterocycles. The van der Waals surface area contributed by atoms with E-state index in [9.17, 15) is 4.79 Å². The van der Waals surface area contributed by atoms with E-state index in [0.29, 0.717) is 16.9 Å². The number of allylic oxidation sites excluding steroid dienone is 2. The van der Waals surface area contributed by atoms with Crippen LogP contribution in [-0.4, -0.2) is 5.91 Å². The van der Waals surface area contributed by atoms with Gasteiger partial charge in [0, 0.05) is 16.3 Å². The smallest absolute Gasteiger partial charge is 0.224 e. The van der Waals surface area contributed by atoms with Crippen LogP contribution in [0.1, 0.15) is 31.6 Å². The first-order valence-electron chi connectivity index (χ1n) is 7.78. The third-order valence-corrected chi connectivity index (χ3v) is 5.13. The lowest BCUT2D eigenvalue weighted by Crippen LogP contribution is -2.34. The number of carbonyl (C=O) groups is 1. The first-order chi connectivity index (χ1) is 10.6. The second kappa shape index (κ2) is 5.17. The summed E-state index contributed by atoms with van der Waals surface area (Å²) in [5, 5.41) is 4.75. The molecule has 1 amide bonds. The van der Waals surface area contributed by atoms with Crippen LogP contribution in [0.15, 0.2) is 40.8 Å². The first kappa shape index (κ1) is 13.9. The van der Waals surface area contributed by atoms with E-state index in [2.05, 4.69) is 17.5 Å². The highest BCUT2D eigenvalue weighted by Gasteiger charge is 2.40. The number of benzene rings is 1. The van der Waals surface area contributed by atoms with Crippen LogP contribution in [0.25, 0.3) is 11.0 Å². The quantitative estimate of drug-likeness (QED) is 0.849. The van der Waals surface area contributed by atoms with E-state index in [1.165, 1.54) is 0 Å². The number of halogens is 1. The first-order valence-corrected chi connectivity index (χ1v) is 8.15. The lowest BCUT2D eigenvalue weighted by Gasteiger charge is -2.20. The van der Waals surface area contributed by atoms with Crippen molar-refractivity contribution >= 4 is 28.5 Å². The third kappa shape index (κ3) is 2.34. The van der Waals surface area contributed by atoms with Gasteiger partial charge in [0.05, 0.1) is 6.04 Å². The van der Waals surface area contributed by atoms with Gasteiger partial charge in [0.15, 0.2) is 0 Å². The molecule has 3 nitrogen and oxygen atoms in total. The summed E-state index contributed by atoms with van der Waals surface area (Å²) < 4.78 is 5.82. The molecule has 1 N–H and O–H groups in total. The summed E-state index contributed by atoms with van der Waals surface area (Å²) in [7, 11) is 0. The summed E-state index contributed by atoms with van der Waals surface area (Å²) in [5.74, 6) is 2.06. The molecule has 4 rings (SSSR count). The summed E-state index contributed by atoms with van der Waals surface area (Å²) in [6.45, 7) is 1.96. The highest BCUT2D eigenvalue weighted by atomic mass is 35.5. The van der Waals surface area contributed by atoms with Crippen LogP contribution >= 0.6 is 11.6 Å². The van der Waals surface area contributed by atoms with Gasteiger partial charge in [-0.3, -0.25) is 4.79 Å². The summed E-state index contributed by atoms with van der Waals surface area (Å²) in [6, 6.07) is 7.35. The minimum atomic E-state index is -0.137. The Morgan fingerprint density at radius 3 is 2.91 bits per heavy atom. The molecule has 0 unspecified atom stereocenters. The van der Waals surface area contributed by atoms with Gasteiger partial charge >= 0.3 is 0 Å². The van der Waals surface area contributed by atoms with E-state index < -0.39 is 0 Å². The molecule has 4 atom stereocenters. The Bertz CT molecular complexity index is 764. The lowest BCUT2D eigenvalue weighted by molar-refractivity contribution is -0.126. The molecule has 2 aliphatic carbocycles. The SMILES string of the molecule is C[C@H](NC(=O)[C@@H]1C[C@@H]2C=C[C@H]1C2)c1cc2cc(Cl)ccc2o1. The third-order valence-electron chi connectivity index (χ3n) is 4.90. The van der Waals surface area contributed by atoms with E-state index in [4.69, 9.17) is 16.0 Å². The molecule has 4 heteroatoms. The van der Waals surface area contributed by atoms with Crippen molar-refractivity contribution in [2.45, 2.75) is 25.8 Å². The molecule has 2 aromatic rings. The van der Waals surface area contributed by atoms with Crippen LogP contribution in [0.3, 0.4) is 0 Å². The maximum Gasteiger partial charge on any atom is 0.224 e. The number of rotatable bonds is 3. The molecule has 0 spiro atoms. The number of nitrogens with one attached hydrogen (secondary N) is 1. The molecule has 0 saturated heterocycles. The molecule has 1 aromatic carbocycles. The fraction of sp³-hybridized carbons (Fsp3) is 0.389. The minimum absolute atomic E-state index is 0.122. The van der Waals surface area contributed by atoms with Crippen molar-refractivity contribution in [1.29, 1.82) is 0 Å². The fourth-order valence-electron chi connectivity index (χ4n) is 3.72. The topological polar surface area (TPSA) is 42.2 Å². The molecule has 0 radical (unpaired) electrons. The maximum absolute atomic E-state index is 12.5. The van der Waals surface area contributed by atoms with Gasteiger partial charge in [-0.05, 0) is 55.9 Å². The number of furan rings is 1. The molecule has 1 saturated carbocycles. The second-order valence-electron chi connectivity index (χ2n) is 6.45. The maximum atomic E-state index is 12.5. The number of hydrogen-bond acceptors (Lipinski definition) is 2. The van der Waals surface area contributed by atoms with Gasteiger partial charge < -0.3 is 9.73 Å². The highest BCUT2D eigenvalue weighted by Crippen LogP contribution is 2.43. The van der Waals surface area contributed by atoms with Gasteiger partial charge in [-0.2, -0.15) is 0 Å². The van der Waals surface area contributed by atoms with E-state index >= 15 is 0 Å². The second-order valence-corrected chi connectivity index (χ2v) is 6.88. The van der Waals surface area contributed by atoms with Gasteiger partial charge in [-0.15, -0.1) is 0 Å². The lowest BCUT2D eigenvalue weighted by atomic mass is 9.92. The Hall–Kier alpha value is -1.74. The monoisotopic (exact) mass is 315 g/mol. The van der Waals surface area contributed by atoms with Crippen LogP contribution in [0.2, 0.25) is 5.02 Å². The Labute approximate surface area is 134 Å². The molecule has 2 bridgehead atoms. The van der Waals surface area contributed by atoms with Crippen molar-refractivity contribution in [2.24, 2.45) is 17.8 Å². The van der Waals surface area contributed by atoms with Crippen molar-refractivity contribution < 1.29 is 9.21 Å². The molecule has 114 valence electrons. The van der Waals surface area contributed by atoms with Gasteiger partial charge in [-0.25, -0.2) is 0 Å². The average molecular weight is 316 g/mol. The minimum Gasteiger partial charge on any atom is -0.459 e. The van der Waals surface area contributed by atoms with E-state index in [1.54, 1.807) is 0 Å². The zero-order valence-corrected chi connectivity index (χ0v) is 13.1. The van der Waals surface area contributed by atoms with Gasteiger partial charge in [-0.1, -0.05) is 23.8 Å². The number of hydrogen-bond donors (Lipinski definition) is 1. The number of amides is 1. The van der Waals surface area contributed by atoms with Gasteiger partial charge in [0.25, 0.3) is 0 Å². The van der Waals surface area contributed by atoms with Crippen molar-refractivity contribution in [3.8, 4) is 0 Å². The van der Waals surface area contributed by atoms with Crippen LogP contribution in [0.4, 0.5) is 0 Å². The van der Waals surface area contributed by atoms with E-state index in [0.717, 1.165) is 29.6 Å². The normalized spacial score (nSPS) is 27.5. The van der Waals surface area contributed by atoms with Gasteiger partial charge in [0.2, 0.25) is 5.91 Å². The van der Waals surface area contributed by atoms with E-state index in [-0.39, 0.29) is 17.9 Å². The Morgan fingerprint density at radius 1 is 1.32 bits per heavy atom. The summed E-state index contributed by atoms with van der Waals surface area (Å²) in [4.78, 5) is 12.5. The van der Waals surface area contributed by atoms with Gasteiger partial charge in [0.1, 0.15) is 11.3 Å². The van der Waals surface area contributed by atoms with E-state index in [1.807, 2.05) is 31.2 Å². The Kier molecular flexibility index (Phi) is 3.26. The Morgan fingerprint density at radius 2 is 2.18 bits per heavy atom. The summed E-state index contributed by atoms with van der Waals surface area (Å²) >= 11 is 6.00. The largest absolute Gasteiger partial charge is 0.459 e. The van der Waals surface area contributed by atoms with Crippen LogP contribution in [-0.2, 0) is 4.79 Å². The molecule has 2 aliphatic rings. The fourth-order valence-corrected chi connectivity index (χ4v) is 3.90. The molecule has 1 fully saturated rings. The Balaban J connectivity index is 1.49. The van der Waals surface area contributed by atoms with Crippen LogP contribution < -0.4 is 5.32 Å². The average Bonchev–Trinajstić information content (AvgIpc) is 3.20. The molecular formula is C18H18ClNO2. The number of carbonyl (C=O) groups excluding carboxylic acids is 1. The molecule has 22 heavy (non-hydrogen) atoms. The summed E-state index contributed by atoms with van der Waals surface area (Å²) in [6.07, 6.45) is 6.57. The number of fused-ring (bicyclic) bond motifs is 3. The predicted molar refractivity (Wildman–Crippen MR) is 86.6 cm³/mol. The molecular weight excluding hydrogens is 298 g/mol. The van der Waals surface area contributed by atoms with Crippen molar-refractivity contribution in [1.82, 2.24) is 5.32 Å². The van der Waals surface area contributed by atoms with Crippen LogP contribution in [0, 0.1) is 17.8 Å². The standard InChI is InChI=1S/C18H18ClNO2/c1-10(17-9-13-8-14(19)4-5-16(13)22-17)20-18(21)15-7-11-2-3-12(15)6-11/h2-5,8-12,15H,6-7H2,1H3,(H,20,21)/t10-,11+,12-,15+/m0/s1. The predicted octanol–water partition coefficient (Wildman–Crippen LogP) is 4.48. The zero-order chi connectivity index (χ0) is 15.3. The van der Waals surface area contributed by atoms with Crippen molar-refractivity contribution in [3.05, 3.63) is 47.2 Å². The summed E-state index contributed by atoms with van der Waals surface area (Å²) in [5.41, 5.74) is 0.795. The van der Waals surface area contributed by atoms with Crippen LogP contribution in [0.5, 0.6) is 0 Å².